The van der Waals surface area contributed by atoms with Crippen LogP contribution in [0.25, 0.3) is 0 Å². The Morgan fingerprint density at radius 1 is 1.39 bits per heavy atom. The molecule has 0 saturated heterocycles. The molecule has 0 atom stereocenters. The molecule has 2 aromatic rings. The number of carbonyl (C=O) groups excluding carboxylic acids is 1. The maximum atomic E-state index is 12.9. The van der Waals surface area contributed by atoms with Crippen LogP contribution in [0.15, 0.2) is 30.6 Å². The first-order valence-electron chi connectivity index (χ1n) is 5.27. The molecule has 0 aliphatic heterocycles. The van der Waals surface area contributed by atoms with E-state index in [1.165, 1.54) is 6.07 Å². The van der Waals surface area contributed by atoms with E-state index in [1.54, 1.807) is 24.1 Å². The third-order valence-corrected chi connectivity index (χ3v) is 2.39. The number of benzene rings is 1. The van der Waals surface area contributed by atoms with Crippen molar-refractivity contribution in [2.45, 2.75) is 6.54 Å². The molecule has 2 rings (SSSR count). The fourth-order valence-electron chi connectivity index (χ4n) is 1.48. The molecule has 0 spiro atoms. The molecular weight excluding hydrogens is 240 g/mol. The maximum Gasteiger partial charge on any atom is 0.251 e. The minimum absolute atomic E-state index is 0.0813. The highest BCUT2D eigenvalue weighted by Gasteiger charge is 2.09. The summed E-state index contributed by atoms with van der Waals surface area (Å²) in [6, 6.07) is 3.03. The molecule has 0 saturated carbocycles. The van der Waals surface area contributed by atoms with Crippen LogP contribution in [0.1, 0.15) is 15.9 Å². The van der Waals surface area contributed by atoms with Crippen molar-refractivity contribution < 1.29 is 13.6 Å². The average molecular weight is 251 g/mol. The quantitative estimate of drug-likeness (QED) is 0.901. The third kappa shape index (κ3) is 2.71. The second-order valence-corrected chi connectivity index (χ2v) is 3.83. The van der Waals surface area contributed by atoms with E-state index in [1.807, 2.05) is 0 Å². The first-order chi connectivity index (χ1) is 8.56. The molecule has 0 aliphatic rings. The topological polar surface area (TPSA) is 46.9 Å². The highest BCUT2D eigenvalue weighted by atomic mass is 19.2. The van der Waals surface area contributed by atoms with Crippen molar-refractivity contribution in [3.05, 3.63) is 53.4 Å². The van der Waals surface area contributed by atoms with Crippen molar-refractivity contribution in [1.29, 1.82) is 0 Å². The first-order valence-corrected chi connectivity index (χ1v) is 5.27. The Labute approximate surface area is 102 Å². The summed E-state index contributed by atoms with van der Waals surface area (Å²) in [7, 11) is 1.76. The van der Waals surface area contributed by atoms with Gasteiger partial charge in [-0.15, -0.1) is 0 Å². The highest BCUT2D eigenvalue weighted by Crippen LogP contribution is 2.08. The number of nitrogens with one attached hydrogen (secondary N) is 1. The number of carbonyl (C=O) groups is 1. The Morgan fingerprint density at radius 2 is 2.17 bits per heavy atom. The Morgan fingerprint density at radius 3 is 2.78 bits per heavy atom. The van der Waals surface area contributed by atoms with Crippen LogP contribution in [0.2, 0.25) is 0 Å². The van der Waals surface area contributed by atoms with Crippen LogP contribution in [-0.4, -0.2) is 15.7 Å². The van der Waals surface area contributed by atoms with Gasteiger partial charge in [0.15, 0.2) is 11.6 Å². The van der Waals surface area contributed by atoms with Crippen molar-refractivity contribution in [2.24, 2.45) is 7.05 Å². The van der Waals surface area contributed by atoms with Gasteiger partial charge in [-0.3, -0.25) is 9.48 Å². The van der Waals surface area contributed by atoms with Gasteiger partial charge < -0.3 is 5.32 Å². The van der Waals surface area contributed by atoms with Crippen molar-refractivity contribution in [3.8, 4) is 0 Å². The van der Waals surface area contributed by atoms with Gasteiger partial charge in [-0.2, -0.15) is 5.10 Å². The second kappa shape index (κ2) is 4.95. The van der Waals surface area contributed by atoms with Crippen LogP contribution in [0.5, 0.6) is 0 Å². The minimum atomic E-state index is -1.04. The zero-order chi connectivity index (χ0) is 13.1. The Bertz CT molecular complexity index is 580. The molecule has 18 heavy (non-hydrogen) atoms. The summed E-state index contributed by atoms with van der Waals surface area (Å²) in [5, 5.41) is 6.54. The van der Waals surface area contributed by atoms with E-state index in [4.69, 9.17) is 0 Å². The summed E-state index contributed by atoms with van der Waals surface area (Å²) in [6.07, 6.45) is 3.37. The molecule has 1 N–H and O–H groups in total. The predicted octanol–water partition coefficient (Wildman–Crippen LogP) is 1.63. The van der Waals surface area contributed by atoms with Crippen LogP contribution in [0.3, 0.4) is 0 Å². The summed E-state index contributed by atoms with van der Waals surface area (Å²) in [4.78, 5) is 11.7. The van der Waals surface area contributed by atoms with Gasteiger partial charge >= 0.3 is 0 Å². The lowest BCUT2D eigenvalue weighted by molar-refractivity contribution is 0.0950. The van der Waals surface area contributed by atoms with Crippen molar-refractivity contribution >= 4 is 5.91 Å². The minimum Gasteiger partial charge on any atom is -0.348 e. The molecule has 0 bridgehead atoms. The van der Waals surface area contributed by atoms with E-state index in [2.05, 4.69) is 10.4 Å². The normalized spacial score (nSPS) is 10.4. The molecule has 0 unspecified atom stereocenters. The van der Waals surface area contributed by atoms with Gasteiger partial charge in [0.25, 0.3) is 5.91 Å². The van der Waals surface area contributed by atoms with E-state index >= 15 is 0 Å². The highest BCUT2D eigenvalue weighted by molar-refractivity contribution is 5.94. The fourth-order valence-corrected chi connectivity index (χ4v) is 1.48. The summed E-state index contributed by atoms with van der Waals surface area (Å²) >= 11 is 0. The lowest BCUT2D eigenvalue weighted by Gasteiger charge is -2.03. The molecule has 0 radical (unpaired) electrons. The van der Waals surface area contributed by atoms with E-state index in [-0.39, 0.29) is 12.1 Å². The van der Waals surface area contributed by atoms with E-state index in [0.717, 1.165) is 17.7 Å². The Kier molecular flexibility index (Phi) is 3.36. The number of rotatable bonds is 3. The smallest absolute Gasteiger partial charge is 0.251 e. The van der Waals surface area contributed by atoms with Crippen LogP contribution < -0.4 is 5.32 Å². The standard InChI is InChI=1S/C12H11F2N3O/c1-17-7-8(6-16-17)5-15-12(18)9-2-3-10(13)11(14)4-9/h2-4,6-7H,5H2,1H3,(H,15,18). The molecule has 0 aliphatic carbocycles. The first kappa shape index (κ1) is 12.2. The van der Waals surface area contributed by atoms with Gasteiger partial charge in [0.1, 0.15) is 0 Å². The van der Waals surface area contributed by atoms with Crippen molar-refractivity contribution in [3.63, 3.8) is 0 Å². The van der Waals surface area contributed by atoms with Gasteiger partial charge in [0.05, 0.1) is 6.20 Å². The van der Waals surface area contributed by atoms with Crippen LogP contribution in [-0.2, 0) is 13.6 Å². The number of hydrogen-bond donors (Lipinski definition) is 1. The van der Waals surface area contributed by atoms with Crippen LogP contribution in [0, 0.1) is 11.6 Å². The fraction of sp³-hybridized carbons (Fsp3) is 0.167. The zero-order valence-electron chi connectivity index (χ0n) is 9.65. The SMILES string of the molecule is Cn1cc(CNC(=O)c2ccc(F)c(F)c2)cn1. The van der Waals surface area contributed by atoms with Crippen LogP contribution in [0.4, 0.5) is 8.78 Å². The van der Waals surface area contributed by atoms with Gasteiger partial charge in [-0.05, 0) is 18.2 Å². The lowest BCUT2D eigenvalue weighted by Crippen LogP contribution is -2.22. The van der Waals surface area contributed by atoms with Gasteiger partial charge in [-0.25, -0.2) is 8.78 Å². The van der Waals surface area contributed by atoms with Crippen molar-refractivity contribution in [2.75, 3.05) is 0 Å². The Hall–Kier alpha value is -2.24. The molecule has 1 amide bonds. The number of halogens is 2. The molecule has 1 heterocycles. The largest absolute Gasteiger partial charge is 0.348 e. The number of aryl methyl sites for hydroxylation is 1. The number of hydrogen-bond acceptors (Lipinski definition) is 2. The van der Waals surface area contributed by atoms with E-state index in [9.17, 15) is 13.6 Å². The van der Waals surface area contributed by atoms with Gasteiger partial charge in [0, 0.05) is 30.9 Å². The molecule has 4 nitrogen and oxygen atoms in total. The number of amides is 1. The lowest BCUT2D eigenvalue weighted by atomic mass is 10.2. The zero-order valence-corrected chi connectivity index (χ0v) is 9.65. The summed E-state index contributed by atoms with van der Waals surface area (Å²) < 4.78 is 27.2. The molecule has 1 aromatic carbocycles. The molecule has 94 valence electrons. The number of nitrogens with zero attached hydrogens (tertiary/aromatic N) is 2. The van der Waals surface area contributed by atoms with Gasteiger partial charge in [0.2, 0.25) is 0 Å². The summed E-state index contributed by atoms with van der Waals surface area (Å²) in [6.45, 7) is 0.283. The Balaban J connectivity index is 2.01. The predicted molar refractivity (Wildman–Crippen MR) is 60.7 cm³/mol. The molecule has 1 aromatic heterocycles. The van der Waals surface area contributed by atoms with Gasteiger partial charge in [-0.1, -0.05) is 0 Å². The number of aromatic nitrogens is 2. The molecule has 6 heteroatoms. The summed E-state index contributed by atoms with van der Waals surface area (Å²) in [5.41, 5.74) is 0.909. The van der Waals surface area contributed by atoms with Crippen molar-refractivity contribution in [1.82, 2.24) is 15.1 Å². The monoisotopic (exact) mass is 251 g/mol. The average Bonchev–Trinajstić information content (AvgIpc) is 2.75. The summed E-state index contributed by atoms with van der Waals surface area (Å²) in [5.74, 6) is -2.47. The van der Waals surface area contributed by atoms with Crippen LogP contribution >= 0.6 is 0 Å². The maximum absolute atomic E-state index is 12.9. The third-order valence-electron chi connectivity index (χ3n) is 2.39. The van der Waals surface area contributed by atoms with E-state index < -0.39 is 17.5 Å². The molecular formula is C12H11F2N3O. The second-order valence-electron chi connectivity index (χ2n) is 3.83. The molecule has 0 fully saturated rings. The van der Waals surface area contributed by atoms with E-state index in [0.29, 0.717) is 0 Å².